The molecule has 2 aromatic carbocycles. The topological polar surface area (TPSA) is 67.4 Å². The molecule has 0 saturated heterocycles. The monoisotopic (exact) mass is 350 g/mol. The second-order valence-corrected chi connectivity index (χ2v) is 5.39. The fourth-order valence-electron chi connectivity index (χ4n) is 2.38. The maximum absolute atomic E-state index is 12.5. The van der Waals surface area contributed by atoms with E-state index in [4.69, 9.17) is 4.74 Å². The molecule has 1 heterocycles. The second kappa shape index (κ2) is 6.46. The molecule has 2 aromatic rings. The highest BCUT2D eigenvalue weighted by molar-refractivity contribution is 6.06. The first-order valence-electron chi connectivity index (χ1n) is 7.34. The average molecular weight is 350 g/mol. The fraction of sp³-hybridized carbons (Fsp3) is 0.176. The van der Waals surface area contributed by atoms with Crippen molar-refractivity contribution in [2.24, 2.45) is 0 Å². The molecule has 0 bridgehead atoms. The lowest BCUT2D eigenvalue weighted by molar-refractivity contribution is -0.137. The number of hydrogen-bond acceptors (Lipinski definition) is 3. The minimum absolute atomic E-state index is 0.0510. The molecule has 0 spiro atoms. The van der Waals surface area contributed by atoms with Gasteiger partial charge in [-0.15, -0.1) is 0 Å². The normalized spacial score (nSPS) is 13.5. The first-order chi connectivity index (χ1) is 11.8. The molecule has 25 heavy (non-hydrogen) atoms. The highest BCUT2D eigenvalue weighted by atomic mass is 19.4. The van der Waals surface area contributed by atoms with Gasteiger partial charge in [0.2, 0.25) is 0 Å². The van der Waals surface area contributed by atoms with Crippen LogP contribution in [0.4, 0.5) is 18.9 Å². The molecule has 8 heteroatoms. The zero-order valence-corrected chi connectivity index (χ0v) is 12.8. The molecule has 0 radical (unpaired) electrons. The van der Waals surface area contributed by atoms with Crippen molar-refractivity contribution in [3.63, 3.8) is 0 Å². The van der Waals surface area contributed by atoms with Crippen LogP contribution in [0.5, 0.6) is 5.75 Å². The van der Waals surface area contributed by atoms with Crippen molar-refractivity contribution in [3.8, 4) is 5.75 Å². The van der Waals surface area contributed by atoms with Gasteiger partial charge >= 0.3 is 6.18 Å². The molecule has 2 N–H and O–H groups in total. The van der Waals surface area contributed by atoms with E-state index in [-0.39, 0.29) is 30.3 Å². The summed E-state index contributed by atoms with van der Waals surface area (Å²) in [4.78, 5) is 23.8. The molecule has 0 atom stereocenters. The molecule has 1 aliphatic heterocycles. The Hall–Kier alpha value is -3.03. The van der Waals surface area contributed by atoms with E-state index in [1.807, 2.05) is 0 Å². The highest BCUT2D eigenvalue weighted by Gasteiger charge is 2.30. The van der Waals surface area contributed by atoms with Gasteiger partial charge in [-0.05, 0) is 29.8 Å². The van der Waals surface area contributed by atoms with Crippen molar-refractivity contribution >= 4 is 17.5 Å². The predicted octanol–water partition coefficient (Wildman–Crippen LogP) is 2.97. The molecule has 0 fully saturated rings. The van der Waals surface area contributed by atoms with Crippen molar-refractivity contribution in [3.05, 3.63) is 59.2 Å². The molecule has 0 aromatic heterocycles. The molecule has 5 nitrogen and oxygen atoms in total. The number of carbonyl (C=O) groups excluding carboxylic acids is 2. The zero-order chi connectivity index (χ0) is 18.0. The van der Waals surface area contributed by atoms with E-state index in [1.165, 1.54) is 18.2 Å². The minimum Gasteiger partial charge on any atom is -0.482 e. The molecular formula is C17H13F3N2O3. The van der Waals surface area contributed by atoms with E-state index < -0.39 is 17.6 Å². The zero-order valence-electron chi connectivity index (χ0n) is 12.8. The summed E-state index contributed by atoms with van der Waals surface area (Å²) in [5.74, 6) is -0.445. The smallest absolute Gasteiger partial charge is 0.416 e. The molecule has 0 saturated carbocycles. The third-order valence-electron chi connectivity index (χ3n) is 3.63. The van der Waals surface area contributed by atoms with Gasteiger partial charge in [-0.1, -0.05) is 18.2 Å². The fourth-order valence-corrected chi connectivity index (χ4v) is 2.38. The summed E-state index contributed by atoms with van der Waals surface area (Å²) in [6.07, 6.45) is -4.40. The lowest BCUT2D eigenvalue weighted by Crippen LogP contribution is -2.29. The predicted molar refractivity (Wildman–Crippen MR) is 83.2 cm³/mol. The van der Waals surface area contributed by atoms with Gasteiger partial charge in [0.15, 0.2) is 6.61 Å². The number of ether oxygens (including phenoxy) is 1. The van der Waals surface area contributed by atoms with E-state index in [9.17, 15) is 22.8 Å². The van der Waals surface area contributed by atoms with Gasteiger partial charge in [-0.3, -0.25) is 9.59 Å². The van der Waals surface area contributed by atoms with Crippen LogP contribution in [0.1, 0.15) is 21.5 Å². The number of rotatable bonds is 3. The Morgan fingerprint density at radius 1 is 1.16 bits per heavy atom. The number of fused-ring (bicyclic) bond motifs is 1. The Morgan fingerprint density at radius 2 is 1.88 bits per heavy atom. The molecule has 1 aliphatic rings. The van der Waals surface area contributed by atoms with Crippen molar-refractivity contribution in [2.45, 2.75) is 12.7 Å². The van der Waals surface area contributed by atoms with Crippen LogP contribution in [0.2, 0.25) is 0 Å². The quantitative estimate of drug-likeness (QED) is 0.894. The average Bonchev–Trinajstić information content (AvgIpc) is 2.58. The molecule has 0 aliphatic carbocycles. The molecule has 0 unspecified atom stereocenters. The summed E-state index contributed by atoms with van der Waals surface area (Å²) in [5, 5.41) is 5.19. The molecule has 130 valence electrons. The second-order valence-electron chi connectivity index (χ2n) is 5.39. The number of halogens is 3. The first kappa shape index (κ1) is 16.8. The van der Waals surface area contributed by atoms with Gasteiger partial charge in [-0.25, -0.2) is 0 Å². The van der Waals surface area contributed by atoms with Gasteiger partial charge < -0.3 is 15.4 Å². The molecular weight excluding hydrogens is 337 g/mol. The van der Waals surface area contributed by atoms with Crippen molar-refractivity contribution < 1.29 is 27.5 Å². The maximum atomic E-state index is 12.5. The van der Waals surface area contributed by atoms with Crippen LogP contribution in [0.25, 0.3) is 0 Å². The Bertz CT molecular complexity index is 817. The van der Waals surface area contributed by atoms with Crippen molar-refractivity contribution in [1.29, 1.82) is 0 Å². The summed E-state index contributed by atoms with van der Waals surface area (Å²) < 4.78 is 42.8. The number of hydrogen-bond donors (Lipinski definition) is 2. The number of amides is 2. The summed E-state index contributed by atoms with van der Waals surface area (Å²) in [6.45, 7) is -0.0704. The summed E-state index contributed by atoms with van der Waals surface area (Å²) in [6, 6.07) is 9.28. The van der Waals surface area contributed by atoms with Gasteiger partial charge in [0, 0.05) is 6.54 Å². The Kier molecular flexibility index (Phi) is 4.35. The molecule has 2 amide bonds. The Morgan fingerprint density at radius 3 is 2.56 bits per heavy atom. The van der Waals surface area contributed by atoms with Crippen molar-refractivity contribution in [1.82, 2.24) is 5.32 Å². The SMILES string of the molecule is O=C1COc2cccc(C(=O)NCc3ccc(C(F)(F)F)cc3)c2N1. The van der Waals surface area contributed by atoms with Crippen LogP contribution >= 0.6 is 0 Å². The number of anilines is 1. The van der Waals surface area contributed by atoms with Gasteiger partial charge in [0.05, 0.1) is 16.8 Å². The third-order valence-corrected chi connectivity index (χ3v) is 3.63. The Labute approximate surface area is 140 Å². The van der Waals surface area contributed by atoms with Crippen LogP contribution in [0.15, 0.2) is 42.5 Å². The van der Waals surface area contributed by atoms with Gasteiger partial charge in [0.25, 0.3) is 11.8 Å². The number of para-hydroxylation sites is 1. The number of nitrogens with one attached hydrogen (secondary N) is 2. The van der Waals surface area contributed by atoms with E-state index in [1.54, 1.807) is 12.1 Å². The van der Waals surface area contributed by atoms with Gasteiger partial charge in [0.1, 0.15) is 5.75 Å². The lowest BCUT2D eigenvalue weighted by atomic mass is 10.1. The third kappa shape index (κ3) is 3.73. The number of alkyl halides is 3. The number of carbonyl (C=O) groups is 2. The highest BCUT2D eigenvalue weighted by Crippen LogP contribution is 2.31. The van der Waals surface area contributed by atoms with E-state index >= 15 is 0 Å². The van der Waals surface area contributed by atoms with Crippen LogP contribution in [-0.2, 0) is 17.5 Å². The standard InChI is InChI=1S/C17H13F3N2O3/c18-17(19,20)11-6-4-10(5-7-11)8-21-16(24)12-2-1-3-13-15(12)22-14(23)9-25-13/h1-7H,8-9H2,(H,21,24)(H,22,23). The van der Waals surface area contributed by atoms with Crippen molar-refractivity contribution in [2.75, 3.05) is 11.9 Å². The molecule has 3 rings (SSSR count). The minimum atomic E-state index is -4.40. The summed E-state index contributed by atoms with van der Waals surface area (Å²) in [5.41, 5.74) is 0.270. The Balaban J connectivity index is 1.70. The van der Waals surface area contributed by atoms with E-state index in [2.05, 4.69) is 10.6 Å². The van der Waals surface area contributed by atoms with E-state index in [0.29, 0.717) is 11.3 Å². The van der Waals surface area contributed by atoms with Gasteiger partial charge in [-0.2, -0.15) is 13.2 Å². The summed E-state index contributed by atoms with van der Waals surface area (Å²) in [7, 11) is 0. The lowest BCUT2D eigenvalue weighted by Gasteiger charge is -2.20. The van der Waals surface area contributed by atoms with E-state index in [0.717, 1.165) is 12.1 Å². The van der Waals surface area contributed by atoms with Crippen LogP contribution in [0.3, 0.4) is 0 Å². The maximum Gasteiger partial charge on any atom is 0.416 e. The summed E-state index contributed by atoms with van der Waals surface area (Å²) >= 11 is 0. The number of benzene rings is 2. The first-order valence-corrected chi connectivity index (χ1v) is 7.34. The van der Waals surface area contributed by atoms with Crippen LogP contribution < -0.4 is 15.4 Å². The van der Waals surface area contributed by atoms with Crippen LogP contribution in [0, 0.1) is 0 Å². The largest absolute Gasteiger partial charge is 0.482 e. The van der Waals surface area contributed by atoms with Crippen LogP contribution in [-0.4, -0.2) is 18.4 Å².